The van der Waals surface area contributed by atoms with Crippen molar-refractivity contribution in [1.82, 2.24) is 5.32 Å². The van der Waals surface area contributed by atoms with Gasteiger partial charge in [-0.3, -0.25) is 4.79 Å². The van der Waals surface area contributed by atoms with Gasteiger partial charge in [0.1, 0.15) is 5.54 Å². The summed E-state index contributed by atoms with van der Waals surface area (Å²) in [7, 11) is 0. The highest BCUT2D eigenvalue weighted by molar-refractivity contribution is 5.74. The molecule has 0 saturated heterocycles. The van der Waals surface area contributed by atoms with Crippen LogP contribution in [0.4, 0.5) is 0 Å². The molecule has 0 aromatic rings. The molecular weight excluding hydrogens is 138 g/mol. The Morgan fingerprint density at radius 1 is 1.55 bits per heavy atom. The highest BCUT2D eigenvalue weighted by Crippen LogP contribution is 2.12. The molecule has 1 N–H and O–H groups in total. The van der Waals surface area contributed by atoms with E-state index >= 15 is 0 Å². The first-order valence-corrected chi connectivity index (χ1v) is 3.86. The maximum Gasteiger partial charge on any atom is 0.218 e. The summed E-state index contributed by atoms with van der Waals surface area (Å²) in [6.07, 6.45) is 6.87. The molecule has 0 aromatic carbocycles. The van der Waals surface area contributed by atoms with Gasteiger partial charge < -0.3 is 5.32 Å². The van der Waals surface area contributed by atoms with Gasteiger partial charge in [0.15, 0.2) is 0 Å². The van der Waals surface area contributed by atoms with Crippen LogP contribution in [0.1, 0.15) is 33.6 Å². The minimum absolute atomic E-state index is 0.0633. The molecule has 11 heavy (non-hydrogen) atoms. The van der Waals surface area contributed by atoms with E-state index < -0.39 is 5.54 Å². The quantitative estimate of drug-likeness (QED) is 0.609. The first kappa shape index (κ1) is 10.0. The molecule has 0 saturated carbocycles. The smallest absolute Gasteiger partial charge is 0.218 e. The summed E-state index contributed by atoms with van der Waals surface area (Å²) in [5, 5.41) is 2.77. The second-order valence-electron chi connectivity index (χ2n) is 2.61. The van der Waals surface area contributed by atoms with Gasteiger partial charge in [-0.2, -0.15) is 0 Å². The number of nitrogens with one attached hydrogen (secondary N) is 1. The first-order chi connectivity index (χ1) is 5.10. The van der Waals surface area contributed by atoms with E-state index in [1.54, 1.807) is 0 Å². The fraction of sp³-hybridized carbons (Fsp3) is 0.667. The number of terminal acetylenes is 1. The third kappa shape index (κ3) is 2.63. The van der Waals surface area contributed by atoms with Crippen LogP contribution in [0, 0.1) is 12.3 Å². The van der Waals surface area contributed by atoms with Crippen LogP contribution in [0.25, 0.3) is 0 Å². The van der Waals surface area contributed by atoms with Crippen molar-refractivity contribution in [3.8, 4) is 12.3 Å². The van der Waals surface area contributed by atoms with E-state index in [2.05, 4.69) is 11.2 Å². The van der Waals surface area contributed by atoms with Gasteiger partial charge in [0.05, 0.1) is 0 Å². The van der Waals surface area contributed by atoms with Crippen molar-refractivity contribution in [2.24, 2.45) is 0 Å². The van der Waals surface area contributed by atoms with Gasteiger partial charge in [-0.25, -0.2) is 0 Å². The number of hydrogen-bond donors (Lipinski definition) is 1. The van der Waals surface area contributed by atoms with Crippen LogP contribution < -0.4 is 5.32 Å². The van der Waals surface area contributed by atoms with Gasteiger partial charge in [0.25, 0.3) is 0 Å². The van der Waals surface area contributed by atoms with Crippen molar-refractivity contribution < 1.29 is 4.79 Å². The Morgan fingerprint density at radius 3 is 2.09 bits per heavy atom. The zero-order chi connectivity index (χ0) is 8.91. The Hall–Kier alpha value is -0.970. The summed E-state index contributed by atoms with van der Waals surface area (Å²) in [4.78, 5) is 10.7. The molecule has 0 aromatic heterocycles. The fourth-order valence-electron chi connectivity index (χ4n) is 1.00. The van der Waals surface area contributed by atoms with Crippen LogP contribution in [-0.2, 0) is 4.79 Å². The van der Waals surface area contributed by atoms with Gasteiger partial charge in [-0.15, -0.1) is 6.42 Å². The van der Waals surface area contributed by atoms with Gasteiger partial charge in [-0.05, 0) is 12.8 Å². The lowest BCUT2D eigenvalue weighted by atomic mass is 9.94. The summed E-state index contributed by atoms with van der Waals surface area (Å²) in [5.41, 5.74) is -0.425. The average Bonchev–Trinajstić information content (AvgIpc) is 2.00. The van der Waals surface area contributed by atoms with E-state index in [0.717, 1.165) is 12.8 Å². The highest BCUT2D eigenvalue weighted by atomic mass is 16.1. The predicted molar refractivity (Wildman–Crippen MR) is 46.0 cm³/mol. The second kappa shape index (κ2) is 4.02. The van der Waals surface area contributed by atoms with E-state index in [1.807, 2.05) is 13.8 Å². The maximum atomic E-state index is 10.7. The molecule has 2 nitrogen and oxygen atoms in total. The molecule has 62 valence electrons. The van der Waals surface area contributed by atoms with Gasteiger partial charge >= 0.3 is 0 Å². The average molecular weight is 153 g/mol. The van der Waals surface area contributed by atoms with E-state index in [9.17, 15) is 4.79 Å². The molecule has 0 atom stereocenters. The van der Waals surface area contributed by atoms with Gasteiger partial charge in [-0.1, -0.05) is 19.8 Å². The molecule has 1 amide bonds. The third-order valence-corrected chi connectivity index (χ3v) is 1.90. The normalized spacial score (nSPS) is 10.4. The van der Waals surface area contributed by atoms with Crippen molar-refractivity contribution in [1.29, 1.82) is 0 Å². The highest BCUT2D eigenvalue weighted by Gasteiger charge is 2.23. The minimum Gasteiger partial charge on any atom is -0.340 e. The topological polar surface area (TPSA) is 29.1 Å². The summed E-state index contributed by atoms with van der Waals surface area (Å²) in [6.45, 7) is 5.43. The monoisotopic (exact) mass is 153 g/mol. The van der Waals surface area contributed by atoms with Crippen molar-refractivity contribution in [2.45, 2.75) is 39.2 Å². The molecule has 0 bridgehead atoms. The Labute approximate surface area is 68.4 Å². The van der Waals surface area contributed by atoms with E-state index in [4.69, 9.17) is 6.42 Å². The van der Waals surface area contributed by atoms with Crippen LogP contribution >= 0.6 is 0 Å². The van der Waals surface area contributed by atoms with E-state index in [-0.39, 0.29) is 5.91 Å². The zero-order valence-electron chi connectivity index (χ0n) is 7.40. The molecule has 0 unspecified atom stereocenters. The van der Waals surface area contributed by atoms with Crippen molar-refractivity contribution in [3.63, 3.8) is 0 Å². The number of amides is 1. The lowest BCUT2D eigenvalue weighted by Crippen LogP contribution is -2.45. The van der Waals surface area contributed by atoms with Gasteiger partial charge in [0.2, 0.25) is 5.91 Å². The molecule has 2 heteroatoms. The molecule has 0 heterocycles. The van der Waals surface area contributed by atoms with E-state index in [1.165, 1.54) is 6.92 Å². The van der Waals surface area contributed by atoms with Crippen LogP contribution in [0.3, 0.4) is 0 Å². The summed E-state index contributed by atoms with van der Waals surface area (Å²) >= 11 is 0. The summed E-state index contributed by atoms with van der Waals surface area (Å²) in [5.74, 6) is 2.55. The Balaban J connectivity index is 4.32. The molecule has 0 fully saturated rings. The lowest BCUT2D eigenvalue weighted by Gasteiger charge is -2.25. The van der Waals surface area contributed by atoms with E-state index in [0.29, 0.717) is 0 Å². The molecule has 0 aliphatic rings. The number of carbonyl (C=O) groups excluding carboxylic acids is 1. The molecule has 0 aliphatic heterocycles. The summed E-state index contributed by atoms with van der Waals surface area (Å²) in [6, 6.07) is 0. The molecule has 0 aliphatic carbocycles. The predicted octanol–water partition coefficient (Wildman–Crippen LogP) is 1.31. The maximum absolute atomic E-state index is 10.7. The van der Waals surface area contributed by atoms with Crippen molar-refractivity contribution in [3.05, 3.63) is 0 Å². The second-order valence-corrected chi connectivity index (χ2v) is 2.61. The van der Waals surface area contributed by atoms with Crippen LogP contribution in [-0.4, -0.2) is 11.4 Å². The Bertz CT molecular complexity index is 174. The lowest BCUT2D eigenvalue weighted by molar-refractivity contribution is -0.120. The van der Waals surface area contributed by atoms with Gasteiger partial charge in [0, 0.05) is 6.92 Å². The third-order valence-electron chi connectivity index (χ3n) is 1.90. The number of hydrogen-bond acceptors (Lipinski definition) is 1. The molecule has 0 spiro atoms. The molecule has 0 radical (unpaired) electrons. The zero-order valence-corrected chi connectivity index (χ0v) is 7.40. The summed E-state index contributed by atoms with van der Waals surface area (Å²) < 4.78 is 0. The van der Waals surface area contributed by atoms with Crippen molar-refractivity contribution in [2.75, 3.05) is 0 Å². The van der Waals surface area contributed by atoms with Crippen molar-refractivity contribution >= 4 is 5.91 Å². The molecular formula is C9H15NO. The number of rotatable bonds is 3. The molecule has 0 rings (SSSR count). The first-order valence-electron chi connectivity index (χ1n) is 3.86. The standard InChI is InChI=1S/C9H15NO/c1-5-9(6-2,7-3)10-8(4)11/h1H,6-7H2,2-4H3,(H,10,11). The Morgan fingerprint density at radius 2 is 2.00 bits per heavy atom. The largest absolute Gasteiger partial charge is 0.340 e. The van der Waals surface area contributed by atoms with Crippen LogP contribution in [0.2, 0.25) is 0 Å². The van der Waals surface area contributed by atoms with Crippen LogP contribution in [0.15, 0.2) is 0 Å². The SMILES string of the molecule is C#CC(CC)(CC)NC(C)=O. The minimum atomic E-state index is -0.425. The Kier molecular flexibility index (Phi) is 3.67. The van der Waals surface area contributed by atoms with Crippen LogP contribution in [0.5, 0.6) is 0 Å². The number of carbonyl (C=O) groups is 1. The fourth-order valence-corrected chi connectivity index (χ4v) is 1.00.